The number of cyclic esters (lactones) is 1. The summed E-state index contributed by atoms with van der Waals surface area (Å²) in [6, 6.07) is 0. The summed E-state index contributed by atoms with van der Waals surface area (Å²) in [4.78, 5) is 21.6. The number of hydrogen-bond acceptors (Lipinski definition) is 7. The lowest BCUT2D eigenvalue weighted by Gasteiger charge is -2.14. The van der Waals surface area contributed by atoms with Crippen LogP contribution in [0.5, 0.6) is 0 Å². The molecule has 1 amide bonds. The fraction of sp³-hybridized carbons (Fsp3) is 0.375. The summed E-state index contributed by atoms with van der Waals surface area (Å²) in [5, 5.41) is 15.2. The van der Waals surface area contributed by atoms with Crippen LogP contribution in [0, 0.1) is 5.41 Å². The lowest BCUT2D eigenvalue weighted by molar-refractivity contribution is 0.125. The number of nitrogens with zero attached hydrogens (tertiary/aromatic N) is 3. The Morgan fingerprint density at radius 1 is 1.59 bits per heavy atom. The van der Waals surface area contributed by atoms with Gasteiger partial charge in [-0.05, 0) is 11.6 Å². The molecule has 11 heteroatoms. The summed E-state index contributed by atoms with van der Waals surface area (Å²) in [6.07, 6.45) is 3.50. The van der Waals surface area contributed by atoms with Gasteiger partial charge in [-0.3, -0.25) is 4.99 Å². The van der Waals surface area contributed by atoms with Crippen molar-refractivity contribution in [1.82, 2.24) is 20.5 Å². The SMILES string of the molecule is C=C(C/N=C(\NCCN1CCOC1=O)c1nccs1)C(=N)/C=C\NC(F)F. The van der Waals surface area contributed by atoms with Gasteiger partial charge >= 0.3 is 12.6 Å². The Balaban J connectivity index is 1.91. The Morgan fingerprint density at radius 3 is 3.04 bits per heavy atom. The lowest BCUT2D eigenvalue weighted by atomic mass is 10.2. The molecule has 1 aromatic heterocycles. The summed E-state index contributed by atoms with van der Waals surface area (Å²) in [5.74, 6) is 0.515. The highest BCUT2D eigenvalue weighted by atomic mass is 32.1. The molecule has 1 aromatic rings. The highest BCUT2D eigenvalue weighted by Gasteiger charge is 2.21. The molecule has 0 bridgehead atoms. The molecule has 1 fully saturated rings. The first kappa shape index (κ1) is 20.5. The van der Waals surface area contributed by atoms with Crippen molar-refractivity contribution in [3.8, 4) is 0 Å². The third-order valence-corrected chi connectivity index (χ3v) is 4.21. The Hall–Kier alpha value is -2.82. The second kappa shape index (κ2) is 10.4. The minimum atomic E-state index is -2.69. The summed E-state index contributed by atoms with van der Waals surface area (Å²) >= 11 is 1.39. The van der Waals surface area contributed by atoms with E-state index in [-0.39, 0.29) is 18.3 Å². The molecule has 3 N–H and O–H groups in total. The lowest BCUT2D eigenvalue weighted by Crippen LogP contribution is -2.36. The van der Waals surface area contributed by atoms with Crippen molar-refractivity contribution in [2.75, 3.05) is 32.8 Å². The van der Waals surface area contributed by atoms with Gasteiger partial charge in [-0.1, -0.05) is 6.58 Å². The number of alkyl halides is 2. The number of amides is 1. The molecule has 0 radical (unpaired) electrons. The quantitative estimate of drug-likeness (QED) is 0.317. The van der Waals surface area contributed by atoms with Crippen LogP contribution in [-0.4, -0.2) is 66.9 Å². The molecule has 0 atom stereocenters. The number of allylic oxidation sites excluding steroid dienone is 1. The van der Waals surface area contributed by atoms with E-state index in [1.807, 2.05) is 0 Å². The fourth-order valence-electron chi connectivity index (χ4n) is 2.06. The number of aliphatic imine (C=N–C) groups is 1. The third-order valence-electron chi connectivity index (χ3n) is 3.44. The number of nitrogens with one attached hydrogen (secondary N) is 3. The first-order valence-corrected chi connectivity index (χ1v) is 8.92. The molecule has 0 aliphatic carbocycles. The smallest absolute Gasteiger partial charge is 0.409 e. The van der Waals surface area contributed by atoms with Crippen molar-refractivity contribution in [1.29, 1.82) is 5.41 Å². The van der Waals surface area contributed by atoms with E-state index in [4.69, 9.17) is 10.1 Å². The maximum Gasteiger partial charge on any atom is 0.409 e. The summed E-state index contributed by atoms with van der Waals surface area (Å²) < 4.78 is 28.9. The van der Waals surface area contributed by atoms with E-state index in [0.29, 0.717) is 42.7 Å². The van der Waals surface area contributed by atoms with Crippen LogP contribution >= 0.6 is 11.3 Å². The number of halogens is 2. The molecule has 0 unspecified atom stereocenters. The molecule has 1 aliphatic heterocycles. The van der Waals surface area contributed by atoms with Crippen LogP contribution in [0.25, 0.3) is 0 Å². The van der Waals surface area contributed by atoms with Crippen LogP contribution in [0.1, 0.15) is 5.01 Å². The van der Waals surface area contributed by atoms with E-state index in [0.717, 1.165) is 6.20 Å². The molecule has 1 saturated heterocycles. The van der Waals surface area contributed by atoms with E-state index in [1.54, 1.807) is 21.8 Å². The molecule has 2 rings (SSSR count). The minimum Gasteiger partial charge on any atom is -0.448 e. The molecular formula is C16H20F2N6O2S. The zero-order valence-electron chi connectivity index (χ0n) is 14.5. The van der Waals surface area contributed by atoms with Gasteiger partial charge in [0.25, 0.3) is 0 Å². The van der Waals surface area contributed by atoms with Gasteiger partial charge in [-0.25, -0.2) is 9.78 Å². The second-order valence-electron chi connectivity index (χ2n) is 5.35. The maximum absolute atomic E-state index is 12.0. The number of amidine groups is 1. The predicted molar refractivity (Wildman–Crippen MR) is 99.6 cm³/mol. The Kier molecular flexibility index (Phi) is 7.86. The Labute approximate surface area is 159 Å². The van der Waals surface area contributed by atoms with Gasteiger partial charge in [0, 0.05) is 30.9 Å². The molecule has 0 saturated carbocycles. The van der Waals surface area contributed by atoms with Crippen molar-refractivity contribution in [3.05, 3.63) is 41.0 Å². The molecule has 146 valence electrons. The average molecular weight is 398 g/mol. The molecule has 0 spiro atoms. The van der Waals surface area contributed by atoms with Crippen LogP contribution in [0.15, 0.2) is 41.0 Å². The zero-order valence-corrected chi connectivity index (χ0v) is 15.3. The van der Waals surface area contributed by atoms with Gasteiger partial charge in [-0.2, -0.15) is 8.78 Å². The van der Waals surface area contributed by atoms with Gasteiger partial charge < -0.3 is 25.7 Å². The average Bonchev–Trinajstić information content (AvgIpc) is 3.29. The normalized spacial score (nSPS) is 14.7. The maximum atomic E-state index is 12.0. The number of aromatic nitrogens is 1. The molecule has 0 aromatic carbocycles. The molecule has 27 heavy (non-hydrogen) atoms. The van der Waals surface area contributed by atoms with Crippen molar-refractivity contribution in [3.63, 3.8) is 0 Å². The number of ether oxygens (including phenoxy) is 1. The largest absolute Gasteiger partial charge is 0.448 e. The van der Waals surface area contributed by atoms with Gasteiger partial charge in [0.05, 0.1) is 18.8 Å². The molecular weight excluding hydrogens is 378 g/mol. The van der Waals surface area contributed by atoms with E-state index in [2.05, 4.69) is 21.9 Å². The van der Waals surface area contributed by atoms with Gasteiger partial charge in [0.15, 0.2) is 10.8 Å². The van der Waals surface area contributed by atoms with E-state index in [9.17, 15) is 13.6 Å². The van der Waals surface area contributed by atoms with E-state index < -0.39 is 6.55 Å². The predicted octanol–water partition coefficient (Wildman–Crippen LogP) is 1.83. The topological polar surface area (TPSA) is 103 Å². The van der Waals surface area contributed by atoms with Gasteiger partial charge in [0.1, 0.15) is 6.61 Å². The third kappa shape index (κ3) is 6.77. The first-order chi connectivity index (χ1) is 13.0. The number of rotatable bonds is 10. The van der Waals surface area contributed by atoms with Crippen molar-refractivity contribution in [2.24, 2.45) is 4.99 Å². The zero-order chi connectivity index (χ0) is 19.6. The summed E-state index contributed by atoms with van der Waals surface area (Å²) in [7, 11) is 0. The van der Waals surface area contributed by atoms with Crippen LogP contribution in [0.2, 0.25) is 0 Å². The number of hydrogen-bond donors (Lipinski definition) is 3. The van der Waals surface area contributed by atoms with Crippen LogP contribution in [0.3, 0.4) is 0 Å². The molecule has 8 nitrogen and oxygen atoms in total. The summed E-state index contributed by atoms with van der Waals surface area (Å²) in [6.45, 7) is 3.02. The van der Waals surface area contributed by atoms with Crippen LogP contribution in [0.4, 0.5) is 13.6 Å². The fourth-order valence-corrected chi connectivity index (χ4v) is 2.68. The van der Waals surface area contributed by atoms with Gasteiger partial charge in [-0.15, -0.1) is 11.3 Å². The van der Waals surface area contributed by atoms with Crippen LogP contribution < -0.4 is 10.6 Å². The monoisotopic (exact) mass is 398 g/mol. The Bertz CT molecular complexity index is 721. The highest BCUT2D eigenvalue weighted by molar-refractivity contribution is 7.11. The highest BCUT2D eigenvalue weighted by Crippen LogP contribution is 2.07. The standard InChI is InChI=1S/C16H20F2N6O2S/c1-11(12(19)2-3-22-15(17)18)10-23-13(14-21-5-9-27-14)20-4-6-24-7-8-26-16(24)25/h2-3,5,9,15,19,22H,1,4,6-8,10H2,(H,20,23)/b3-2-,19-12?. The van der Waals surface area contributed by atoms with Crippen LogP contribution in [-0.2, 0) is 4.74 Å². The van der Waals surface area contributed by atoms with Crippen molar-refractivity contribution >= 4 is 29.0 Å². The Morgan fingerprint density at radius 2 is 2.41 bits per heavy atom. The number of carbonyl (C=O) groups excluding carboxylic acids is 1. The molecule has 2 heterocycles. The number of thiazole rings is 1. The van der Waals surface area contributed by atoms with Crippen molar-refractivity contribution in [2.45, 2.75) is 6.55 Å². The van der Waals surface area contributed by atoms with Crippen molar-refractivity contribution < 1.29 is 18.3 Å². The first-order valence-electron chi connectivity index (χ1n) is 8.04. The van der Waals surface area contributed by atoms with E-state index in [1.165, 1.54) is 17.4 Å². The summed E-state index contributed by atoms with van der Waals surface area (Å²) in [5.41, 5.74) is 0.353. The van der Waals surface area contributed by atoms with Gasteiger partial charge in [0.2, 0.25) is 0 Å². The van der Waals surface area contributed by atoms with E-state index >= 15 is 0 Å². The minimum absolute atomic E-state index is 0.00907. The number of carbonyl (C=O) groups is 1. The molecule has 1 aliphatic rings. The second-order valence-corrected chi connectivity index (χ2v) is 6.24.